The lowest BCUT2D eigenvalue weighted by Crippen LogP contribution is -2.54. The van der Waals surface area contributed by atoms with Gasteiger partial charge in [0, 0.05) is 17.1 Å². The molecule has 2 N–H and O–H groups in total. The maximum absolute atomic E-state index is 13.2. The van der Waals surface area contributed by atoms with Gasteiger partial charge in [-0.3, -0.25) is 14.5 Å². The van der Waals surface area contributed by atoms with Crippen molar-refractivity contribution < 1.29 is 9.59 Å². The van der Waals surface area contributed by atoms with E-state index in [0.29, 0.717) is 28.5 Å². The van der Waals surface area contributed by atoms with Gasteiger partial charge < -0.3 is 15.2 Å². The number of aromatic nitrogens is 2. The number of hydrogen-bond donors (Lipinski definition) is 2. The first-order chi connectivity index (χ1) is 15.6. The predicted octanol–water partition coefficient (Wildman–Crippen LogP) is 4.87. The Hall–Kier alpha value is -2.61. The molecule has 2 heterocycles. The lowest BCUT2D eigenvalue weighted by Gasteiger charge is -2.41. The molecular formula is C24H27Cl2N5O2. The van der Waals surface area contributed by atoms with E-state index in [2.05, 4.69) is 27.1 Å². The molecule has 0 radical (unpaired) electrons. The van der Waals surface area contributed by atoms with Crippen LogP contribution in [0.4, 0.5) is 0 Å². The fraction of sp³-hybridized carbons (Fsp3) is 0.375. The van der Waals surface area contributed by atoms with Crippen LogP contribution in [0.15, 0.2) is 36.4 Å². The highest BCUT2D eigenvalue weighted by Crippen LogP contribution is 2.33. The van der Waals surface area contributed by atoms with Crippen molar-refractivity contribution in [1.29, 1.82) is 0 Å². The van der Waals surface area contributed by atoms with Crippen LogP contribution < -0.4 is 5.32 Å². The summed E-state index contributed by atoms with van der Waals surface area (Å²) in [6, 6.07) is 9.81. The van der Waals surface area contributed by atoms with Crippen LogP contribution in [0.25, 0.3) is 11.0 Å². The van der Waals surface area contributed by atoms with E-state index in [1.54, 1.807) is 30.3 Å². The van der Waals surface area contributed by atoms with E-state index in [9.17, 15) is 9.59 Å². The molecule has 1 aromatic heterocycles. The second kappa shape index (κ2) is 8.97. The van der Waals surface area contributed by atoms with Gasteiger partial charge in [0.15, 0.2) is 0 Å². The summed E-state index contributed by atoms with van der Waals surface area (Å²) in [6.45, 7) is 4.57. The fourth-order valence-corrected chi connectivity index (χ4v) is 4.70. The molecule has 1 unspecified atom stereocenters. The van der Waals surface area contributed by atoms with Crippen LogP contribution in [0.1, 0.15) is 59.3 Å². The number of nitrogens with zero attached hydrogens (tertiary/aromatic N) is 3. The van der Waals surface area contributed by atoms with Crippen LogP contribution in [-0.4, -0.2) is 57.9 Å². The van der Waals surface area contributed by atoms with E-state index >= 15 is 0 Å². The van der Waals surface area contributed by atoms with Crippen molar-refractivity contribution in [3.8, 4) is 0 Å². The first kappa shape index (κ1) is 23.5. The summed E-state index contributed by atoms with van der Waals surface area (Å²) in [7, 11) is 3.94. The van der Waals surface area contributed by atoms with E-state index in [1.165, 1.54) is 0 Å². The smallest absolute Gasteiger partial charge is 0.256 e. The molecule has 0 spiro atoms. The summed E-state index contributed by atoms with van der Waals surface area (Å²) in [4.78, 5) is 37.7. The highest BCUT2D eigenvalue weighted by atomic mass is 35.5. The topological polar surface area (TPSA) is 81.3 Å². The highest BCUT2D eigenvalue weighted by molar-refractivity contribution is 6.34. The number of likely N-dealkylation sites (tertiary alicyclic amines) is 1. The number of rotatable bonds is 5. The quantitative estimate of drug-likeness (QED) is 0.537. The minimum atomic E-state index is -0.367. The number of amides is 2. The van der Waals surface area contributed by atoms with Crippen LogP contribution in [0.3, 0.4) is 0 Å². The number of carbonyl (C=O) groups excluding carboxylic acids is 2. The second-order valence-electron chi connectivity index (χ2n) is 8.85. The highest BCUT2D eigenvalue weighted by Gasteiger charge is 2.42. The molecule has 174 valence electrons. The first-order valence-corrected chi connectivity index (χ1v) is 11.6. The molecule has 3 aromatic rings. The lowest BCUT2D eigenvalue weighted by molar-refractivity contribution is 0.0178. The van der Waals surface area contributed by atoms with Crippen molar-refractivity contribution in [3.63, 3.8) is 0 Å². The number of aromatic amines is 1. The predicted molar refractivity (Wildman–Crippen MR) is 131 cm³/mol. The number of carbonyl (C=O) groups is 2. The van der Waals surface area contributed by atoms with Gasteiger partial charge in [0.25, 0.3) is 11.8 Å². The molecule has 0 bridgehead atoms. The number of nitrogens with one attached hydrogen (secondary N) is 2. The molecule has 1 saturated heterocycles. The third kappa shape index (κ3) is 4.45. The number of imidazole rings is 1. The van der Waals surface area contributed by atoms with E-state index in [1.807, 2.05) is 32.0 Å². The van der Waals surface area contributed by atoms with Crippen LogP contribution in [-0.2, 0) is 0 Å². The zero-order valence-corrected chi connectivity index (χ0v) is 20.6. The van der Waals surface area contributed by atoms with E-state index in [0.717, 1.165) is 23.9 Å². The molecule has 4 rings (SSSR count). The van der Waals surface area contributed by atoms with Crippen molar-refractivity contribution in [2.45, 2.75) is 38.4 Å². The van der Waals surface area contributed by atoms with E-state index in [-0.39, 0.29) is 28.5 Å². The third-order valence-electron chi connectivity index (χ3n) is 6.50. The second-order valence-corrected chi connectivity index (χ2v) is 9.69. The molecule has 0 aliphatic carbocycles. The van der Waals surface area contributed by atoms with Gasteiger partial charge in [0.1, 0.15) is 5.82 Å². The summed E-state index contributed by atoms with van der Waals surface area (Å²) in [6.07, 6.45) is 1.83. The number of fused-ring (bicyclic) bond motifs is 1. The van der Waals surface area contributed by atoms with Gasteiger partial charge >= 0.3 is 0 Å². The lowest BCUT2D eigenvalue weighted by atomic mass is 10.1. The Kier molecular flexibility index (Phi) is 6.40. The molecule has 2 atom stereocenters. The van der Waals surface area contributed by atoms with Gasteiger partial charge in [-0.2, -0.15) is 0 Å². The standard InChI is InChI=1S/C24H27Cl2N5O2/c1-14(21-28-19-9-7-16(25)13-20(19)29-21)27-22(32)15-6-8-17(18(26)12-15)23(33)31-11-5-10-24(31,2)30(3)4/h6-9,12-14H,5,10-11H2,1-4H3,(H,27,32)(H,28,29)/t14-,24?/m0/s1. The summed E-state index contributed by atoms with van der Waals surface area (Å²) in [5.41, 5.74) is 1.98. The van der Waals surface area contributed by atoms with Crippen molar-refractivity contribution in [3.05, 3.63) is 63.4 Å². The van der Waals surface area contributed by atoms with Gasteiger partial charge in [-0.05, 0) is 77.2 Å². The average molecular weight is 488 g/mol. The maximum atomic E-state index is 13.2. The van der Waals surface area contributed by atoms with Crippen molar-refractivity contribution in [1.82, 2.24) is 25.1 Å². The Morgan fingerprint density at radius 1 is 1.21 bits per heavy atom. The van der Waals surface area contributed by atoms with Crippen LogP contribution in [0, 0.1) is 0 Å². The summed E-state index contributed by atoms with van der Waals surface area (Å²) in [5.74, 6) is 0.187. The van der Waals surface area contributed by atoms with E-state index in [4.69, 9.17) is 23.2 Å². The zero-order valence-electron chi connectivity index (χ0n) is 19.1. The molecule has 0 saturated carbocycles. The largest absolute Gasteiger partial charge is 0.342 e. The van der Waals surface area contributed by atoms with Gasteiger partial charge in [0.2, 0.25) is 0 Å². The van der Waals surface area contributed by atoms with Crippen molar-refractivity contribution in [2.75, 3.05) is 20.6 Å². The molecule has 9 heteroatoms. The molecule has 2 amide bonds. The minimum Gasteiger partial charge on any atom is -0.342 e. The molecular weight excluding hydrogens is 461 g/mol. The number of hydrogen-bond acceptors (Lipinski definition) is 4. The van der Waals surface area contributed by atoms with Crippen molar-refractivity contribution in [2.24, 2.45) is 0 Å². The Balaban J connectivity index is 1.50. The summed E-state index contributed by atoms with van der Waals surface area (Å²) >= 11 is 12.5. The third-order valence-corrected chi connectivity index (χ3v) is 7.05. The number of benzene rings is 2. The molecule has 33 heavy (non-hydrogen) atoms. The van der Waals surface area contributed by atoms with Gasteiger partial charge in [-0.1, -0.05) is 23.2 Å². The monoisotopic (exact) mass is 487 g/mol. The Labute approximate surface area is 203 Å². The van der Waals surface area contributed by atoms with Crippen molar-refractivity contribution >= 4 is 46.0 Å². The minimum absolute atomic E-state index is 0.130. The molecule has 7 nitrogen and oxygen atoms in total. The van der Waals surface area contributed by atoms with Gasteiger partial charge in [0.05, 0.1) is 33.3 Å². The Bertz CT molecular complexity index is 1220. The maximum Gasteiger partial charge on any atom is 0.256 e. The van der Waals surface area contributed by atoms with Crippen LogP contribution in [0.5, 0.6) is 0 Å². The Morgan fingerprint density at radius 2 is 1.97 bits per heavy atom. The normalized spacial score (nSPS) is 19.3. The summed E-state index contributed by atoms with van der Waals surface area (Å²) < 4.78 is 0. The molecule has 1 aliphatic heterocycles. The van der Waals surface area contributed by atoms with Crippen LogP contribution >= 0.6 is 23.2 Å². The summed E-state index contributed by atoms with van der Waals surface area (Å²) in [5, 5.41) is 3.79. The molecule has 1 aliphatic rings. The van der Waals surface area contributed by atoms with Crippen LogP contribution in [0.2, 0.25) is 10.0 Å². The SMILES string of the molecule is C[C@H](NC(=O)c1ccc(C(=O)N2CCCC2(C)N(C)C)c(Cl)c1)c1nc2ccc(Cl)cc2[nH]1. The molecule has 2 aromatic carbocycles. The van der Waals surface area contributed by atoms with E-state index < -0.39 is 0 Å². The average Bonchev–Trinajstić information content (AvgIpc) is 3.37. The first-order valence-electron chi connectivity index (χ1n) is 10.8. The number of halogens is 2. The fourth-order valence-electron chi connectivity index (χ4n) is 4.26. The Morgan fingerprint density at radius 3 is 2.67 bits per heavy atom. The van der Waals surface area contributed by atoms with Gasteiger partial charge in [-0.15, -0.1) is 0 Å². The number of H-pyrrole nitrogens is 1. The zero-order chi connectivity index (χ0) is 23.9. The molecule has 1 fully saturated rings. The van der Waals surface area contributed by atoms with Gasteiger partial charge in [-0.25, -0.2) is 4.98 Å².